The summed E-state index contributed by atoms with van der Waals surface area (Å²) < 4.78 is 18.4. The first kappa shape index (κ1) is 18.2. The zero-order valence-electron chi connectivity index (χ0n) is 17.2. The zero-order valence-corrected chi connectivity index (χ0v) is 17.2. The Labute approximate surface area is 178 Å². The summed E-state index contributed by atoms with van der Waals surface area (Å²) in [6, 6.07) is 24.1. The van der Waals surface area contributed by atoms with Crippen LogP contribution in [0.4, 0.5) is 0 Å². The number of hydrogen-bond donors (Lipinski definition) is 0. The van der Waals surface area contributed by atoms with Gasteiger partial charge in [-0.25, -0.2) is 4.79 Å². The smallest absolute Gasteiger partial charge is 0.344 e. The Hall–Kier alpha value is -3.63. The van der Waals surface area contributed by atoms with E-state index < -0.39 is 6.29 Å². The van der Waals surface area contributed by atoms with Gasteiger partial charge < -0.3 is 13.9 Å². The van der Waals surface area contributed by atoms with Crippen LogP contribution >= 0.6 is 0 Å². The normalized spacial score (nSPS) is 15.3. The molecule has 0 amide bonds. The third-order valence-electron chi connectivity index (χ3n) is 5.79. The highest BCUT2D eigenvalue weighted by Crippen LogP contribution is 2.47. The molecule has 1 aliphatic rings. The topological polar surface area (TPSA) is 48.7 Å². The van der Waals surface area contributed by atoms with Gasteiger partial charge in [-0.05, 0) is 59.7 Å². The monoisotopic (exact) mass is 408 g/mol. The van der Waals surface area contributed by atoms with Crippen LogP contribution in [-0.4, -0.2) is 6.10 Å². The number of rotatable bonds is 2. The molecule has 0 aliphatic carbocycles. The van der Waals surface area contributed by atoms with E-state index in [2.05, 4.69) is 24.3 Å². The molecule has 0 saturated heterocycles. The maximum absolute atomic E-state index is 13.0. The van der Waals surface area contributed by atoms with Gasteiger partial charge in [-0.1, -0.05) is 48.5 Å². The molecule has 1 unspecified atom stereocenters. The van der Waals surface area contributed by atoms with Gasteiger partial charge in [0.25, 0.3) is 0 Å². The van der Waals surface area contributed by atoms with Gasteiger partial charge in [0.15, 0.2) is 11.5 Å². The van der Waals surface area contributed by atoms with Gasteiger partial charge in [0.2, 0.25) is 6.29 Å². The molecule has 1 aliphatic heterocycles. The Kier molecular flexibility index (Phi) is 3.92. The molecule has 6 rings (SSSR count). The molecular formula is C27H20O4. The van der Waals surface area contributed by atoms with E-state index in [0.29, 0.717) is 16.9 Å². The van der Waals surface area contributed by atoms with E-state index in [-0.39, 0.29) is 11.7 Å². The summed E-state index contributed by atoms with van der Waals surface area (Å²) in [6.07, 6.45) is -0.622. The molecule has 4 aromatic carbocycles. The van der Waals surface area contributed by atoms with E-state index in [0.717, 1.165) is 38.1 Å². The Balaban J connectivity index is 1.71. The third kappa shape index (κ3) is 2.83. The van der Waals surface area contributed by atoms with Crippen molar-refractivity contribution in [2.45, 2.75) is 26.2 Å². The molecule has 4 heteroatoms. The van der Waals surface area contributed by atoms with Crippen molar-refractivity contribution in [1.29, 1.82) is 0 Å². The van der Waals surface area contributed by atoms with Crippen LogP contribution in [-0.2, 0) is 4.74 Å². The van der Waals surface area contributed by atoms with E-state index in [9.17, 15) is 4.79 Å². The molecule has 4 nitrogen and oxygen atoms in total. The SMILES string of the molecule is CC(C)OC1Oc2c(oc(=O)c3cc4ccccc4cc23)-c2cc3ccccc3cc21. The molecule has 5 aromatic rings. The minimum atomic E-state index is -0.588. The molecule has 152 valence electrons. The van der Waals surface area contributed by atoms with Crippen molar-refractivity contribution in [3.8, 4) is 17.1 Å². The third-order valence-corrected chi connectivity index (χ3v) is 5.79. The fourth-order valence-electron chi connectivity index (χ4n) is 4.38. The van der Waals surface area contributed by atoms with Gasteiger partial charge in [0.1, 0.15) is 0 Å². The lowest BCUT2D eigenvalue weighted by molar-refractivity contribution is -0.113. The van der Waals surface area contributed by atoms with Crippen LogP contribution in [0.1, 0.15) is 25.7 Å². The zero-order chi connectivity index (χ0) is 21.1. The lowest BCUT2D eigenvalue weighted by atomic mass is 9.94. The molecule has 0 spiro atoms. The van der Waals surface area contributed by atoms with Crippen molar-refractivity contribution in [3.05, 3.63) is 88.8 Å². The van der Waals surface area contributed by atoms with Crippen LogP contribution in [0.2, 0.25) is 0 Å². The number of ether oxygens (including phenoxy) is 2. The predicted octanol–water partition coefficient (Wildman–Crippen LogP) is 6.58. The van der Waals surface area contributed by atoms with Gasteiger partial charge in [-0.3, -0.25) is 0 Å². The molecule has 0 saturated carbocycles. The van der Waals surface area contributed by atoms with Crippen molar-refractivity contribution in [2.24, 2.45) is 0 Å². The van der Waals surface area contributed by atoms with Crippen molar-refractivity contribution in [2.75, 3.05) is 0 Å². The number of fused-ring (bicyclic) bond motifs is 7. The highest BCUT2D eigenvalue weighted by Gasteiger charge is 2.32. The summed E-state index contributed by atoms with van der Waals surface area (Å²) in [5.74, 6) is 1.01. The number of hydrogen-bond acceptors (Lipinski definition) is 4. The summed E-state index contributed by atoms with van der Waals surface area (Å²) in [5.41, 5.74) is 1.33. The summed E-state index contributed by atoms with van der Waals surface area (Å²) >= 11 is 0. The van der Waals surface area contributed by atoms with Crippen LogP contribution in [0.15, 0.2) is 82.0 Å². The fourth-order valence-corrected chi connectivity index (χ4v) is 4.38. The Morgan fingerprint density at radius 3 is 2.03 bits per heavy atom. The molecule has 0 fully saturated rings. The second kappa shape index (κ2) is 6.69. The van der Waals surface area contributed by atoms with Crippen molar-refractivity contribution < 1.29 is 13.9 Å². The van der Waals surface area contributed by atoms with E-state index in [1.807, 2.05) is 62.4 Å². The van der Waals surface area contributed by atoms with Gasteiger partial charge in [0, 0.05) is 16.5 Å². The van der Waals surface area contributed by atoms with Crippen LogP contribution in [0.3, 0.4) is 0 Å². The standard InChI is InChI=1S/C27H20O4/c1-15(2)29-27-23-14-19-10-6-4-8-17(19)12-21(23)24-25(31-27)20-11-16-7-3-5-9-18(16)13-22(20)26(28)30-24/h3-15,27H,1-2H3. The second-order valence-corrected chi connectivity index (χ2v) is 8.21. The Morgan fingerprint density at radius 2 is 1.39 bits per heavy atom. The van der Waals surface area contributed by atoms with Crippen LogP contribution < -0.4 is 10.4 Å². The highest BCUT2D eigenvalue weighted by atomic mass is 16.7. The van der Waals surface area contributed by atoms with Gasteiger partial charge in [-0.2, -0.15) is 0 Å². The summed E-state index contributed by atoms with van der Waals surface area (Å²) in [4.78, 5) is 13.0. The minimum Gasteiger partial charge on any atom is -0.456 e. The van der Waals surface area contributed by atoms with Crippen LogP contribution in [0.5, 0.6) is 5.75 Å². The van der Waals surface area contributed by atoms with E-state index >= 15 is 0 Å². The molecular weight excluding hydrogens is 388 g/mol. The molecule has 0 radical (unpaired) electrons. The minimum absolute atomic E-state index is 0.0336. The average molecular weight is 408 g/mol. The van der Waals surface area contributed by atoms with E-state index in [1.165, 1.54) is 0 Å². The van der Waals surface area contributed by atoms with E-state index in [1.54, 1.807) is 0 Å². The molecule has 31 heavy (non-hydrogen) atoms. The van der Waals surface area contributed by atoms with Crippen molar-refractivity contribution >= 4 is 32.3 Å². The maximum Gasteiger partial charge on any atom is 0.344 e. The lowest BCUT2D eigenvalue weighted by Crippen LogP contribution is -2.21. The van der Waals surface area contributed by atoms with Crippen molar-refractivity contribution in [1.82, 2.24) is 0 Å². The first-order valence-corrected chi connectivity index (χ1v) is 10.4. The number of benzene rings is 4. The quantitative estimate of drug-likeness (QED) is 0.310. The predicted molar refractivity (Wildman–Crippen MR) is 123 cm³/mol. The summed E-state index contributed by atoms with van der Waals surface area (Å²) in [7, 11) is 0. The molecule has 2 heterocycles. The van der Waals surface area contributed by atoms with E-state index in [4.69, 9.17) is 13.9 Å². The van der Waals surface area contributed by atoms with Crippen LogP contribution in [0, 0.1) is 0 Å². The summed E-state index contributed by atoms with van der Waals surface area (Å²) in [5, 5.41) is 5.42. The average Bonchev–Trinajstić information content (AvgIpc) is 2.77. The first-order valence-electron chi connectivity index (χ1n) is 10.4. The first-order chi connectivity index (χ1) is 15.1. The summed E-state index contributed by atoms with van der Waals surface area (Å²) in [6.45, 7) is 3.96. The molecule has 0 bridgehead atoms. The van der Waals surface area contributed by atoms with Gasteiger partial charge in [-0.15, -0.1) is 0 Å². The van der Waals surface area contributed by atoms with Gasteiger partial charge in [0.05, 0.1) is 11.5 Å². The maximum atomic E-state index is 13.0. The Bertz CT molecular complexity index is 1540. The van der Waals surface area contributed by atoms with Gasteiger partial charge >= 0.3 is 5.63 Å². The fraction of sp³-hybridized carbons (Fsp3) is 0.148. The largest absolute Gasteiger partial charge is 0.456 e. The lowest BCUT2D eigenvalue weighted by Gasteiger charge is -2.30. The molecule has 0 N–H and O–H groups in total. The van der Waals surface area contributed by atoms with Crippen LogP contribution in [0.25, 0.3) is 43.6 Å². The molecule has 1 atom stereocenters. The highest BCUT2D eigenvalue weighted by molar-refractivity contribution is 6.03. The molecule has 1 aromatic heterocycles. The Morgan fingerprint density at radius 1 is 0.806 bits per heavy atom. The van der Waals surface area contributed by atoms with Crippen molar-refractivity contribution in [3.63, 3.8) is 0 Å². The second-order valence-electron chi connectivity index (χ2n) is 8.21.